The summed E-state index contributed by atoms with van der Waals surface area (Å²) < 4.78 is 5.59. The van der Waals surface area contributed by atoms with Crippen molar-refractivity contribution < 1.29 is 19.4 Å². The van der Waals surface area contributed by atoms with Gasteiger partial charge in [-0.1, -0.05) is 23.7 Å². The number of ether oxygens (including phenoxy) is 1. The van der Waals surface area contributed by atoms with Crippen LogP contribution in [0.5, 0.6) is 5.75 Å². The number of halogens is 1. The van der Waals surface area contributed by atoms with E-state index in [4.69, 9.17) is 21.4 Å². The molecule has 1 aliphatic heterocycles. The average molecular weight is 332 g/mol. The number of fused-ring (bicyclic) bond motifs is 1. The van der Waals surface area contributed by atoms with E-state index in [1.54, 1.807) is 42.2 Å². The van der Waals surface area contributed by atoms with Crippen LogP contribution in [0.1, 0.15) is 22.8 Å². The fourth-order valence-electron chi connectivity index (χ4n) is 2.48. The van der Waals surface area contributed by atoms with E-state index >= 15 is 0 Å². The summed E-state index contributed by atoms with van der Waals surface area (Å²) in [5.74, 6) is -0.546. The predicted octanol–water partition coefficient (Wildman–Crippen LogP) is 3.35. The molecule has 1 heterocycles. The van der Waals surface area contributed by atoms with Crippen molar-refractivity contribution in [2.75, 3.05) is 4.90 Å². The van der Waals surface area contributed by atoms with Crippen molar-refractivity contribution in [3.8, 4) is 5.75 Å². The van der Waals surface area contributed by atoms with Crippen LogP contribution in [0, 0.1) is 0 Å². The van der Waals surface area contributed by atoms with Crippen molar-refractivity contribution >= 4 is 29.2 Å². The number of hydrogen-bond donors (Lipinski definition) is 1. The SMILES string of the molecule is C[C@H]1Oc2ccc(Cl)cc2N(Cc2ccc(C(=O)O)cc2)C1=O. The number of anilines is 1. The molecule has 0 aromatic heterocycles. The molecule has 0 fully saturated rings. The fourth-order valence-corrected chi connectivity index (χ4v) is 2.64. The first-order valence-electron chi connectivity index (χ1n) is 7.05. The first-order valence-corrected chi connectivity index (χ1v) is 7.43. The van der Waals surface area contributed by atoms with Gasteiger partial charge < -0.3 is 14.7 Å². The molecule has 0 saturated carbocycles. The number of aromatic carboxylic acids is 1. The minimum absolute atomic E-state index is 0.165. The van der Waals surface area contributed by atoms with Gasteiger partial charge in [-0.3, -0.25) is 4.79 Å². The van der Waals surface area contributed by atoms with Crippen LogP contribution in [0.3, 0.4) is 0 Å². The van der Waals surface area contributed by atoms with Gasteiger partial charge in [0.15, 0.2) is 6.10 Å². The first kappa shape index (κ1) is 15.4. The summed E-state index contributed by atoms with van der Waals surface area (Å²) in [6.07, 6.45) is -0.582. The van der Waals surface area contributed by atoms with Gasteiger partial charge in [-0.15, -0.1) is 0 Å². The lowest BCUT2D eigenvalue weighted by Crippen LogP contribution is -2.44. The third-order valence-corrected chi connectivity index (χ3v) is 3.91. The maximum absolute atomic E-state index is 12.4. The van der Waals surface area contributed by atoms with Gasteiger partial charge in [-0.2, -0.15) is 0 Å². The van der Waals surface area contributed by atoms with Gasteiger partial charge in [0.05, 0.1) is 17.8 Å². The monoisotopic (exact) mass is 331 g/mol. The molecule has 2 aromatic carbocycles. The Labute approximate surface area is 138 Å². The normalized spacial score (nSPS) is 16.7. The summed E-state index contributed by atoms with van der Waals surface area (Å²) in [6, 6.07) is 11.6. The number of carbonyl (C=O) groups is 2. The smallest absolute Gasteiger partial charge is 0.335 e. The van der Waals surface area contributed by atoms with Crippen molar-refractivity contribution in [3.63, 3.8) is 0 Å². The third-order valence-electron chi connectivity index (χ3n) is 3.67. The van der Waals surface area contributed by atoms with Crippen molar-refractivity contribution in [1.29, 1.82) is 0 Å². The van der Waals surface area contributed by atoms with Gasteiger partial charge in [0.25, 0.3) is 5.91 Å². The lowest BCUT2D eigenvalue weighted by atomic mass is 10.1. The summed E-state index contributed by atoms with van der Waals surface area (Å²) in [7, 11) is 0. The van der Waals surface area contributed by atoms with Crippen LogP contribution in [0.25, 0.3) is 0 Å². The van der Waals surface area contributed by atoms with E-state index in [-0.39, 0.29) is 11.5 Å². The topological polar surface area (TPSA) is 66.8 Å². The molecule has 5 nitrogen and oxygen atoms in total. The Hall–Kier alpha value is -2.53. The molecule has 1 aliphatic rings. The van der Waals surface area contributed by atoms with Crippen LogP contribution in [0.4, 0.5) is 5.69 Å². The molecule has 3 rings (SSSR count). The van der Waals surface area contributed by atoms with Crippen LogP contribution < -0.4 is 9.64 Å². The van der Waals surface area contributed by atoms with E-state index in [9.17, 15) is 9.59 Å². The van der Waals surface area contributed by atoms with Gasteiger partial charge in [-0.25, -0.2) is 4.79 Å². The number of benzene rings is 2. The van der Waals surface area contributed by atoms with Crippen LogP contribution in [-0.2, 0) is 11.3 Å². The van der Waals surface area contributed by atoms with Gasteiger partial charge in [0.2, 0.25) is 0 Å². The zero-order valence-corrected chi connectivity index (χ0v) is 13.1. The first-order chi connectivity index (χ1) is 11.0. The molecular weight excluding hydrogens is 318 g/mol. The highest BCUT2D eigenvalue weighted by Gasteiger charge is 2.31. The molecule has 1 atom stereocenters. The minimum Gasteiger partial charge on any atom is -0.479 e. The molecular formula is C17H14ClNO4. The Balaban J connectivity index is 1.93. The quantitative estimate of drug-likeness (QED) is 0.936. The molecule has 0 saturated heterocycles. The van der Waals surface area contributed by atoms with E-state index in [1.807, 2.05) is 0 Å². The largest absolute Gasteiger partial charge is 0.479 e. The summed E-state index contributed by atoms with van der Waals surface area (Å²) in [4.78, 5) is 24.9. The second kappa shape index (κ2) is 5.93. The Kier molecular flexibility index (Phi) is 3.96. The van der Waals surface area contributed by atoms with Crippen molar-refractivity contribution in [1.82, 2.24) is 0 Å². The molecule has 1 amide bonds. The zero-order valence-electron chi connectivity index (χ0n) is 12.3. The molecule has 0 bridgehead atoms. The molecule has 118 valence electrons. The Morgan fingerprint density at radius 3 is 2.61 bits per heavy atom. The van der Waals surface area contributed by atoms with Crippen molar-refractivity contribution in [2.45, 2.75) is 19.6 Å². The molecule has 23 heavy (non-hydrogen) atoms. The molecule has 6 heteroatoms. The second-order valence-corrected chi connectivity index (χ2v) is 5.74. The molecule has 1 N–H and O–H groups in total. The van der Waals surface area contributed by atoms with E-state index in [0.29, 0.717) is 23.0 Å². The minimum atomic E-state index is -0.982. The lowest BCUT2D eigenvalue weighted by Gasteiger charge is -2.33. The van der Waals surface area contributed by atoms with Gasteiger partial charge in [-0.05, 0) is 42.8 Å². The van der Waals surface area contributed by atoms with Gasteiger partial charge >= 0.3 is 5.97 Å². The van der Waals surface area contributed by atoms with E-state index in [1.165, 1.54) is 12.1 Å². The average Bonchev–Trinajstić information content (AvgIpc) is 2.53. The van der Waals surface area contributed by atoms with Crippen LogP contribution in [0.2, 0.25) is 5.02 Å². The van der Waals surface area contributed by atoms with Crippen molar-refractivity contribution in [3.05, 3.63) is 58.6 Å². The Morgan fingerprint density at radius 1 is 1.26 bits per heavy atom. The van der Waals surface area contributed by atoms with Crippen LogP contribution in [0.15, 0.2) is 42.5 Å². The summed E-state index contributed by atoms with van der Waals surface area (Å²) in [5.41, 5.74) is 1.64. The summed E-state index contributed by atoms with van der Waals surface area (Å²) in [5, 5.41) is 9.45. The molecule has 2 aromatic rings. The van der Waals surface area contributed by atoms with Crippen LogP contribution >= 0.6 is 11.6 Å². The van der Waals surface area contributed by atoms with Crippen molar-refractivity contribution in [2.24, 2.45) is 0 Å². The molecule has 0 radical (unpaired) electrons. The summed E-state index contributed by atoms with van der Waals surface area (Å²) >= 11 is 6.03. The van der Waals surface area contributed by atoms with Crippen LogP contribution in [-0.4, -0.2) is 23.1 Å². The number of rotatable bonds is 3. The van der Waals surface area contributed by atoms with Gasteiger partial charge in [0.1, 0.15) is 5.75 Å². The van der Waals surface area contributed by atoms with E-state index in [2.05, 4.69) is 0 Å². The molecule has 0 spiro atoms. The molecule has 0 unspecified atom stereocenters. The third kappa shape index (κ3) is 3.00. The highest BCUT2D eigenvalue weighted by Crippen LogP contribution is 2.37. The Morgan fingerprint density at radius 2 is 1.96 bits per heavy atom. The molecule has 0 aliphatic carbocycles. The second-order valence-electron chi connectivity index (χ2n) is 5.30. The van der Waals surface area contributed by atoms with E-state index < -0.39 is 12.1 Å². The zero-order chi connectivity index (χ0) is 16.6. The van der Waals surface area contributed by atoms with Gasteiger partial charge in [0, 0.05) is 5.02 Å². The highest BCUT2D eigenvalue weighted by molar-refractivity contribution is 6.31. The number of carboxylic acid groups (broad SMARTS) is 1. The predicted molar refractivity (Wildman–Crippen MR) is 86.1 cm³/mol. The number of carboxylic acids is 1. The maximum Gasteiger partial charge on any atom is 0.335 e. The number of carbonyl (C=O) groups excluding carboxylic acids is 1. The fraction of sp³-hybridized carbons (Fsp3) is 0.176. The lowest BCUT2D eigenvalue weighted by molar-refractivity contribution is -0.125. The highest BCUT2D eigenvalue weighted by atomic mass is 35.5. The summed E-state index contributed by atoms with van der Waals surface area (Å²) in [6.45, 7) is 2.01. The number of hydrogen-bond acceptors (Lipinski definition) is 3. The van der Waals surface area contributed by atoms with E-state index in [0.717, 1.165) is 5.56 Å². The number of nitrogens with zero attached hydrogens (tertiary/aromatic N) is 1. The maximum atomic E-state index is 12.4. The number of amides is 1. The Bertz CT molecular complexity index is 773. The standard InChI is InChI=1S/C17H14ClNO4/c1-10-16(20)19(14-8-13(18)6-7-15(14)23-10)9-11-2-4-12(5-3-11)17(21)22/h2-8,10H,9H2,1H3,(H,21,22)/t10-/m1/s1.